The molecule has 2 N–H and O–H groups in total. The van der Waals surface area contributed by atoms with Crippen molar-refractivity contribution >= 4 is 5.69 Å². The molecule has 0 radical (unpaired) electrons. The number of hydrogen-bond donors (Lipinski definition) is 1. The molecule has 6 nitrogen and oxygen atoms in total. The molecule has 0 bridgehead atoms. The average molecular weight is 488 g/mol. The second-order valence-corrected chi connectivity index (χ2v) is 8.62. The van der Waals surface area contributed by atoms with Crippen molar-refractivity contribution in [1.82, 2.24) is 0 Å². The normalized spacial score (nSPS) is 11.0. The molecule has 196 valence electrons. The van der Waals surface area contributed by atoms with Crippen LogP contribution in [0.3, 0.4) is 0 Å². The Kier molecular flexibility index (Phi) is 16.5. The Morgan fingerprint density at radius 1 is 0.514 bits per heavy atom. The molecule has 35 heavy (non-hydrogen) atoms. The summed E-state index contributed by atoms with van der Waals surface area (Å²) >= 11 is 0. The fourth-order valence-corrected chi connectivity index (χ4v) is 3.58. The summed E-state index contributed by atoms with van der Waals surface area (Å²) in [7, 11) is 0. The number of anilines is 1. The van der Waals surface area contributed by atoms with Crippen LogP contribution >= 0.6 is 0 Å². The van der Waals surface area contributed by atoms with Gasteiger partial charge >= 0.3 is 0 Å². The maximum Gasteiger partial charge on any atom is 0.119 e. The van der Waals surface area contributed by atoms with Crippen LogP contribution in [0.1, 0.15) is 57.4 Å². The SMILES string of the molecule is CCCCCCCCCc1ccc(OCCOCCOCCOCCOc2ccc(N)cc2)cc1. The Morgan fingerprint density at radius 2 is 0.943 bits per heavy atom. The fourth-order valence-electron chi connectivity index (χ4n) is 3.58. The van der Waals surface area contributed by atoms with E-state index in [1.807, 2.05) is 24.3 Å². The van der Waals surface area contributed by atoms with Gasteiger partial charge in [-0.1, -0.05) is 57.6 Å². The summed E-state index contributed by atoms with van der Waals surface area (Å²) in [6.07, 6.45) is 10.6. The first-order valence-corrected chi connectivity index (χ1v) is 13.2. The Labute approximate surface area is 212 Å². The predicted molar refractivity (Wildman–Crippen MR) is 142 cm³/mol. The van der Waals surface area contributed by atoms with Gasteiger partial charge in [-0.3, -0.25) is 0 Å². The van der Waals surface area contributed by atoms with E-state index >= 15 is 0 Å². The second-order valence-electron chi connectivity index (χ2n) is 8.62. The molecule has 0 fully saturated rings. The molecule has 0 saturated heterocycles. The number of hydrogen-bond acceptors (Lipinski definition) is 6. The number of benzene rings is 2. The number of aryl methyl sites for hydroxylation is 1. The number of unbranched alkanes of at least 4 members (excludes halogenated alkanes) is 6. The minimum Gasteiger partial charge on any atom is -0.491 e. The smallest absolute Gasteiger partial charge is 0.119 e. The Morgan fingerprint density at radius 3 is 1.46 bits per heavy atom. The molecule has 2 aromatic carbocycles. The lowest BCUT2D eigenvalue weighted by Crippen LogP contribution is -2.14. The highest BCUT2D eigenvalue weighted by Gasteiger charge is 1.98. The summed E-state index contributed by atoms with van der Waals surface area (Å²) < 4.78 is 27.9. The molecular formula is C29H45NO5. The van der Waals surface area contributed by atoms with E-state index in [9.17, 15) is 0 Å². The standard InChI is InChI=1S/C29H45NO5/c1-2-3-4-5-6-7-8-9-26-10-14-28(15-11-26)34-24-22-32-20-18-31-19-21-33-23-25-35-29-16-12-27(30)13-17-29/h10-17H,2-9,18-25,30H2,1H3. The zero-order valence-corrected chi connectivity index (χ0v) is 21.6. The molecule has 0 unspecified atom stereocenters. The molecule has 0 aromatic heterocycles. The van der Waals surface area contributed by atoms with Gasteiger partial charge in [0.05, 0.1) is 39.6 Å². The summed E-state index contributed by atoms with van der Waals surface area (Å²) in [6, 6.07) is 15.8. The van der Waals surface area contributed by atoms with Crippen molar-refractivity contribution in [1.29, 1.82) is 0 Å². The maximum atomic E-state index is 5.76. The van der Waals surface area contributed by atoms with Crippen molar-refractivity contribution in [3.8, 4) is 11.5 Å². The molecule has 0 aliphatic carbocycles. The highest BCUT2D eigenvalue weighted by molar-refractivity contribution is 5.41. The third-order valence-electron chi connectivity index (χ3n) is 5.61. The molecule has 0 atom stereocenters. The van der Waals surface area contributed by atoms with E-state index < -0.39 is 0 Å². The van der Waals surface area contributed by atoms with E-state index in [2.05, 4.69) is 31.2 Å². The van der Waals surface area contributed by atoms with Gasteiger partial charge in [0.15, 0.2) is 0 Å². The van der Waals surface area contributed by atoms with Gasteiger partial charge in [0.2, 0.25) is 0 Å². The van der Waals surface area contributed by atoms with Crippen molar-refractivity contribution in [3.63, 3.8) is 0 Å². The number of nitrogens with two attached hydrogens (primary N) is 1. The summed E-state index contributed by atoms with van der Waals surface area (Å²) in [6.45, 7) is 6.50. The second kappa shape index (κ2) is 20.0. The van der Waals surface area contributed by atoms with Crippen molar-refractivity contribution in [3.05, 3.63) is 54.1 Å². The molecule has 2 rings (SSSR count). The van der Waals surface area contributed by atoms with Gasteiger partial charge < -0.3 is 29.4 Å². The zero-order valence-electron chi connectivity index (χ0n) is 21.6. The van der Waals surface area contributed by atoms with Crippen molar-refractivity contribution < 1.29 is 23.7 Å². The van der Waals surface area contributed by atoms with E-state index in [-0.39, 0.29) is 0 Å². The van der Waals surface area contributed by atoms with Gasteiger partial charge in [-0.05, 0) is 54.8 Å². The first-order chi connectivity index (χ1) is 17.3. The lowest BCUT2D eigenvalue weighted by molar-refractivity contribution is 0.00499. The van der Waals surface area contributed by atoms with E-state index in [4.69, 9.17) is 29.4 Å². The quantitative estimate of drug-likeness (QED) is 0.161. The van der Waals surface area contributed by atoms with Crippen LogP contribution in [-0.4, -0.2) is 52.9 Å². The molecule has 0 aliphatic heterocycles. The van der Waals surface area contributed by atoms with Crippen molar-refractivity contribution in [2.45, 2.75) is 58.3 Å². The van der Waals surface area contributed by atoms with E-state index in [1.165, 1.54) is 50.5 Å². The molecule has 0 spiro atoms. The summed E-state index contributed by atoms with van der Waals surface area (Å²) in [4.78, 5) is 0. The van der Waals surface area contributed by atoms with Crippen LogP contribution in [0.4, 0.5) is 5.69 Å². The molecule has 0 aliphatic rings. The van der Waals surface area contributed by atoms with Crippen LogP contribution < -0.4 is 15.2 Å². The Hall–Kier alpha value is -2.28. The molecular weight excluding hydrogens is 442 g/mol. The van der Waals surface area contributed by atoms with Gasteiger partial charge in [-0.25, -0.2) is 0 Å². The van der Waals surface area contributed by atoms with Gasteiger partial charge in [-0.2, -0.15) is 0 Å². The lowest BCUT2D eigenvalue weighted by atomic mass is 10.0. The molecule has 0 saturated carbocycles. The fraction of sp³-hybridized carbons (Fsp3) is 0.586. The molecule has 2 aromatic rings. The molecule has 0 heterocycles. The third kappa shape index (κ3) is 15.4. The van der Waals surface area contributed by atoms with E-state index in [1.54, 1.807) is 0 Å². The number of nitrogen functional groups attached to an aromatic ring is 1. The topological polar surface area (TPSA) is 72.2 Å². The first kappa shape index (κ1) is 29.0. The van der Waals surface area contributed by atoms with E-state index in [0.29, 0.717) is 52.9 Å². The molecule has 0 amide bonds. The average Bonchev–Trinajstić information content (AvgIpc) is 2.88. The third-order valence-corrected chi connectivity index (χ3v) is 5.61. The van der Waals surface area contributed by atoms with Gasteiger partial charge in [0.1, 0.15) is 24.7 Å². The highest BCUT2D eigenvalue weighted by atomic mass is 16.6. The van der Waals surface area contributed by atoms with Crippen LogP contribution in [0, 0.1) is 0 Å². The molecule has 6 heteroatoms. The van der Waals surface area contributed by atoms with Crippen LogP contribution in [0.2, 0.25) is 0 Å². The van der Waals surface area contributed by atoms with Crippen LogP contribution in [-0.2, 0) is 20.6 Å². The number of ether oxygens (including phenoxy) is 5. The van der Waals surface area contributed by atoms with Crippen LogP contribution in [0.15, 0.2) is 48.5 Å². The number of rotatable bonds is 22. The minimum atomic E-state index is 0.495. The zero-order chi connectivity index (χ0) is 24.8. The summed E-state index contributed by atoms with van der Waals surface area (Å²) in [5.74, 6) is 1.68. The van der Waals surface area contributed by atoms with Crippen molar-refractivity contribution in [2.24, 2.45) is 0 Å². The predicted octanol–water partition coefficient (Wildman–Crippen LogP) is 6.07. The minimum absolute atomic E-state index is 0.495. The van der Waals surface area contributed by atoms with Gasteiger partial charge in [-0.15, -0.1) is 0 Å². The summed E-state index contributed by atoms with van der Waals surface area (Å²) in [5.41, 5.74) is 7.75. The van der Waals surface area contributed by atoms with Crippen LogP contribution in [0.5, 0.6) is 11.5 Å². The Balaban J connectivity index is 1.34. The van der Waals surface area contributed by atoms with Gasteiger partial charge in [0.25, 0.3) is 0 Å². The monoisotopic (exact) mass is 487 g/mol. The first-order valence-electron chi connectivity index (χ1n) is 13.2. The van der Waals surface area contributed by atoms with Gasteiger partial charge in [0, 0.05) is 5.69 Å². The Bertz CT molecular complexity index is 736. The maximum absolute atomic E-state index is 5.76. The van der Waals surface area contributed by atoms with Crippen LogP contribution in [0.25, 0.3) is 0 Å². The van der Waals surface area contributed by atoms with E-state index in [0.717, 1.165) is 23.6 Å². The van der Waals surface area contributed by atoms with Crippen molar-refractivity contribution in [2.75, 3.05) is 58.6 Å². The largest absolute Gasteiger partial charge is 0.491 e. The summed E-state index contributed by atoms with van der Waals surface area (Å²) in [5, 5.41) is 0. The highest BCUT2D eigenvalue weighted by Crippen LogP contribution is 2.15. The lowest BCUT2D eigenvalue weighted by Gasteiger charge is -2.09.